The zero-order chi connectivity index (χ0) is 10.9. The minimum atomic E-state index is -1.48. The number of thiocarbonyl (C=S) groups is 1. The second kappa shape index (κ2) is 4.18. The van der Waals surface area contributed by atoms with Crippen molar-refractivity contribution in [3.05, 3.63) is 30.3 Å². The van der Waals surface area contributed by atoms with Crippen LogP contribution < -0.4 is 5.19 Å². The molecule has 0 heterocycles. The van der Waals surface area contributed by atoms with Crippen LogP contribution >= 0.6 is 12.2 Å². The van der Waals surface area contributed by atoms with Crippen molar-refractivity contribution in [3.8, 4) is 0 Å². The van der Waals surface area contributed by atoms with E-state index in [0.717, 1.165) is 5.92 Å². The highest BCUT2D eigenvalue weighted by Crippen LogP contribution is 2.31. The molecule has 80 valence electrons. The van der Waals surface area contributed by atoms with Crippen LogP contribution in [-0.4, -0.2) is 12.6 Å². The molecule has 0 amide bonds. The Morgan fingerprint density at radius 1 is 1.20 bits per heavy atom. The first-order chi connectivity index (χ1) is 7.12. The molecule has 0 atom stereocenters. The van der Waals surface area contributed by atoms with Gasteiger partial charge in [0.05, 0.1) is 0 Å². The van der Waals surface area contributed by atoms with Crippen molar-refractivity contribution in [2.45, 2.75) is 32.4 Å². The van der Waals surface area contributed by atoms with E-state index in [1.807, 2.05) is 0 Å². The third-order valence-electron chi connectivity index (χ3n) is 3.59. The van der Waals surface area contributed by atoms with E-state index in [4.69, 9.17) is 12.2 Å². The van der Waals surface area contributed by atoms with Gasteiger partial charge in [0, 0.05) is 0 Å². The Balaban J connectivity index is 2.22. The zero-order valence-electron chi connectivity index (χ0n) is 9.49. The van der Waals surface area contributed by atoms with Gasteiger partial charge in [-0.05, 0) is 23.2 Å². The first-order valence-corrected chi connectivity index (χ1v) is 9.13. The van der Waals surface area contributed by atoms with Gasteiger partial charge in [0.25, 0.3) is 0 Å². The maximum absolute atomic E-state index is 5.71. The third-order valence-corrected chi connectivity index (χ3v) is 8.87. The Morgan fingerprint density at radius 3 is 2.27 bits per heavy atom. The Labute approximate surface area is 98.7 Å². The van der Waals surface area contributed by atoms with Crippen LogP contribution in [0.25, 0.3) is 0 Å². The predicted octanol–water partition coefficient (Wildman–Crippen LogP) is 3.31. The van der Waals surface area contributed by atoms with Crippen LogP contribution in [0.2, 0.25) is 13.1 Å². The number of rotatable bonds is 3. The summed E-state index contributed by atoms with van der Waals surface area (Å²) < 4.78 is 1.39. The van der Waals surface area contributed by atoms with Crippen molar-refractivity contribution in [1.82, 2.24) is 0 Å². The predicted molar refractivity (Wildman–Crippen MR) is 73.5 cm³/mol. The molecule has 0 nitrogen and oxygen atoms in total. The van der Waals surface area contributed by atoms with E-state index < -0.39 is 8.07 Å². The molecule has 1 aromatic carbocycles. The van der Waals surface area contributed by atoms with E-state index in [-0.39, 0.29) is 0 Å². The van der Waals surface area contributed by atoms with E-state index >= 15 is 0 Å². The monoisotopic (exact) mass is 234 g/mol. The van der Waals surface area contributed by atoms with Crippen molar-refractivity contribution in [3.63, 3.8) is 0 Å². The summed E-state index contributed by atoms with van der Waals surface area (Å²) in [4.78, 5) is 0. The number of hydrogen-bond acceptors (Lipinski definition) is 1. The van der Waals surface area contributed by atoms with Crippen LogP contribution in [0.5, 0.6) is 0 Å². The summed E-state index contributed by atoms with van der Waals surface area (Å²) in [7, 11) is -1.48. The molecule has 1 saturated carbocycles. The first-order valence-electron chi connectivity index (χ1n) is 5.72. The average molecular weight is 234 g/mol. The van der Waals surface area contributed by atoms with Gasteiger partial charge in [-0.1, -0.05) is 67.3 Å². The highest BCUT2D eigenvalue weighted by Gasteiger charge is 2.35. The van der Waals surface area contributed by atoms with E-state index in [9.17, 15) is 0 Å². The van der Waals surface area contributed by atoms with Gasteiger partial charge >= 0.3 is 0 Å². The Hall–Kier alpha value is -0.473. The Bertz CT molecular complexity index is 352. The average Bonchev–Trinajstić information content (AvgIpc) is 2.16. The lowest BCUT2D eigenvalue weighted by Gasteiger charge is -2.34. The maximum Gasteiger partial charge on any atom is 0.121 e. The molecule has 0 aromatic heterocycles. The summed E-state index contributed by atoms with van der Waals surface area (Å²) in [6, 6.07) is 10.8. The van der Waals surface area contributed by atoms with Crippen LogP contribution in [0.3, 0.4) is 0 Å². The van der Waals surface area contributed by atoms with E-state index in [1.54, 1.807) is 0 Å². The zero-order valence-corrected chi connectivity index (χ0v) is 11.3. The highest BCUT2D eigenvalue weighted by atomic mass is 32.1. The smallest absolute Gasteiger partial charge is 0.0939 e. The lowest BCUT2D eigenvalue weighted by Crippen LogP contribution is -2.52. The van der Waals surface area contributed by atoms with Gasteiger partial charge < -0.3 is 0 Å². The van der Waals surface area contributed by atoms with Crippen molar-refractivity contribution in [1.29, 1.82) is 0 Å². The fourth-order valence-corrected chi connectivity index (χ4v) is 5.39. The van der Waals surface area contributed by atoms with Gasteiger partial charge in [-0.3, -0.25) is 0 Å². The quantitative estimate of drug-likeness (QED) is 0.571. The number of benzene rings is 1. The molecule has 0 N–H and O–H groups in total. The fraction of sp³-hybridized carbons (Fsp3) is 0.462. The Morgan fingerprint density at radius 2 is 1.80 bits per heavy atom. The molecule has 15 heavy (non-hydrogen) atoms. The first kappa shape index (κ1) is 11.0. The van der Waals surface area contributed by atoms with Crippen LogP contribution in [0.4, 0.5) is 0 Å². The van der Waals surface area contributed by atoms with Crippen LogP contribution in [0.15, 0.2) is 30.3 Å². The molecule has 0 saturated heterocycles. The van der Waals surface area contributed by atoms with Crippen molar-refractivity contribution >= 4 is 30.0 Å². The minimum absolute atomic E-state index is 0.752. The van der Waals surface area contributed by atoms with Gasteiger partial charge in [-0.25, -0.2) is 0 Å². The molecule has 0 bridgehead atoms. The standard InChI is InChI=1S/C13H18SSi/c1-15(2,12-9-4-3-5-10-12)13(14)11-7-6-8-11/h3-5,9-11H,6-8H2,1-2H3. The number of hydrogen-bond donors (Lipinski definition) is 0. The van der Waals surface area contributed by atoms with Gasteiger partial charge in [-0.2, -0.15) is 0 Å². The van der Waals surface area contributed by atoms with Crippen LogP contribution in [-0.2, 0) is 0 Å². The maximum atomic E-state index is 5.71. The summed E-state index contributed by atoms with van der Waals surface area (Å²) in [5.74, 6) is 0.752. The molecule has 1 aliphatic carbocycles. The molecule has 1 aromatic rings. The van der Waals surface area contributed by atoms with Crippen LogP contribution in [0.1, 0.15) is 19.3 Å². The molecule has 0 spiro atoms. The normalized spacial score (nSPS) is 17.2. The largest absolute Gasteiger partial charge is 0.121 e. The topological polar surface area (TPSA) is 0 Å². The molecule has 2 heteroatoms. The highest BCUT2D eigenvalue weighted by molar-refractivity contribution is 7.85. The summed E-state index contributed by atoms with van der Waals surface area (Å²) in [6.45, 7) is 4.78. The Kier molecular flexibility index (Phi) is 3.07. The molecule has 0 radical (unpaired) electrons. The molecule has 2 rings (SSSR count). The molecular weight excluding hydrogens is 216 g/mol. The second-order valence-electron chi connectivity index (χ2n) is 4.98. The molecular formula is C13H18SSi. The summed E-state index contributed by atoms with van der Waals surface area (Å²) in [6.07, 6.45) is 4.05. The van der Waals surface area contributed by atoms with Crippen molar-refractivity contribution in [2.75, 3.05) is 0 Å². The third kappa shape index (κ3) is 2.06. The van der Waals surface area contributed by atoms with Crippen molar-refractivity contribution < 1.29 is 0 Å². The van der Waals surface area contributed by atoms with E-state index in [0.29, 0.717) is 0 Å². The SMILES string of the molecule is C[Si](C)(C(=S)C1CCC1)c1ccccc1. The summed E-state index contributed by atoms with van der Waals surface area (Å²) >= 11 is 5.71. The van der Waals surface area contributed by atoms with Gasteiger partial charge in [-0.15, -0.1) is 0 Å². The second-order valence-corrected chi connectivity index (χ2v) is 10.2. The lowest BCUT2D eigenvalue weighted by atomic mass is 9.87. The molecule has 1 fully saturated rings. The van der Waals surface area contributed by atoms with E-state index in [2.05, 4.69) is 43.4 Å². The minimum Gasteiger partial charge on any atom is -0.0939 e. The summed E-state index contributed by atoms with van der Waals surface area (Å²) in [5.41, 5.74) is 0. The van der Waals surface area contributed by atoms with Crippen molar-refractivity contribution in [2.24, 2.45) is 5.92 Å². The molecule has 1 aliphatic rings. The summed E-state index contributed by atoms with van der Waals surface area (Å²) in [5, 5.41) is 1.49. The lowest BCUT2D eigenvalue weighted by molar-refractivity contribution is 0.420. The van der Waals surface area contributed by atoms with E-state index in [1.165, 1.54) is 28.9 Å². The van der Waals surface area contributed by atoms with Crippen LogP contribution in [0, 0.1) is 5.92 Å². The fourth-order valence-electron chi connectivity index (χ4n) is 2.18. The van der Waals surface area contributed by atoms with Gasteiger partial charge in [0.2, 0.25) is 0 Å². The van der Waals surface area contributed by atoms with Gasteiger partial charge in [0.1, 0.15) is 8.07 Å². The van der Waals surface area contributed by atoms with Gasteiger partial charge in [0.15, 0.2) is 0 Å². The molecule has 0 unspecified atom stereocenters. The molecule has 0 aliphatic heterocycles.